The van der Waals surface area contributed by atoms with Crippen LogP contribution < -0.4 is 5.32 Å². The number of nitrogens with one attached hydrogen (secondary N) is 1. The van der Waals surface area contributed by atoms with Gasteiger partial charge in [0, 0.05) is 7.05 Å². The van der Waals surface area contributed by atoms with Crippen molar-refractivity contribution in [1.82, 2.24) is 19.7 Å². The van der Waals surface area contributed by atoms with Crippen LogP contribution in [0, 0.1) is 10.1 Å². The molecule has 3 rings (SSSR count). The van der Waals surface area contributed by atoms with Gasteiger partial charge in [-0.15, -0.1) is 21.5 Å². The molecule has 0 fully saturated rings. The highest BCUT2D eigenvalue weighted by Gasteiger charge is 2.23. The zero-order chi connectivity index (χ0) is 15.0. The molecule has 1 unspecified atom stereocenters. The molecule has 21 heavy (non-hydrogen) atoms. The van der Waals surface area contributed by atoms with Crippen LogP contribution in [0.15, 0.2) is 24.0 Å². The fraction of sp³-hybridized carbons (Fsp3) is 0.250. The van der Waals surface area contributed by atoms with Crippen LogP contribution in [-0.2, 0) is 7.05 Å². The zero-order valence-corrected chi connectivity index (χ0v) is 12.2. The van der Waals surface area contributed by atoms with Crippen molar-refractivity contribution in [2.45, 2.75) is 13.0 Å². The lowest BCUT2D eigenvalue weighted by molar-refractivity contribution is -0.382. The highest BCUT2D eigenvalue weighted by molar-refractivity contribution is 7.16. The minimum atomic E-state index is -0.409. The van der Waals surface area contributed by atoms with E-state index in [4.69, 9.17) is 0 Å². The van der Waals surface area contributed by atoms with E-state index in [1.54, 1.807) is 22.5 Å². The molecule has 0 amide bonds. The van der Waals surface area contributed by atoms with Crippen LogP contribution in [0.1, 0.15) is 18.8 Å². The SMILES string of the molecule is CC(Nc1ccc2scnc2c1[N+](=O)[O-])c1nncn1C. The van der Waals surface area contributed by atoms with E-state index in [9.17, 15) is 10.1 Å². The second kappa shape index (κ2) is 5.09. The topological polar surface area (TPSA) is 98.8 Å². The number of hydrogen-bond donors (Lipinski definition) is 1. The molecule has 1 atom stereocenters. The Morgan fingerprint density at radius 3 is 2.95 bits per heavy atom. The third-order valence-corrected chi connectivity index (χ3v) is 3.96. The van der Waals surface area contributed by atoms with Crippen molar-refractivity contribution in [2.24, 2.45) is 7.05 Å². The summed E-state index contributed by atoms with van der Waals surface area (Å²) in [5, 5.41) is 22.3. The van der Waals surface area contributed by atoms with Gasteiger partial charge in [-0.05, 0) is 19.1 Å². The summed E-state index contributed by atoms with van der Waals surface area (Å²) >= 11 is 1.38. The normalized spacial score (nSPS) is 12.5. The maximum atomic E-state index is 11.4. The zero-order valence-electron chi connectivity index (χ0n) is 11.3. The number of rotatable bonds is 4. The molecule has 0 aliphatic rings. The summed E-state index contributed by atoms with van der Waals surface area (Å²) in [6, 6.07) is 3.31. The van der Waals surface area contributed by atoms with Crippen molar-refractivity contribution in [3.63, 3.8) is 0 Å². The first kappa shape index (κ1) is 13.4. The monoisotopic (exact) mass is 304 g/mol. The molecule has 2 aromatic heterocycles. The van der Waals surface area contributed by atoms with Crippen molar-refractivity contribution >= 4 is 32.9 Å². The van der Waals surface area contributed by atoms with Gasteiger partial charge >= 0.3 is 5.69 Å². The average molecular weight is 304 g/mol. The van der Waals surface area contributed by atoms with E-state index < -0.39 is 4.92 Å². The molecule has 0 saturated carbocycles. The van der Waals surface area contributed by atoms with E-state index in [1.165, 1.54) is 11.3 Å². The molecule has 0 aliphatic carbocycles. The van der Waals surface area contributed by atoms with Gasteiger partial charge in [0.25, 0.3) is 0 Å². The van der Waals surface area contributed by atoms with E-state index in [-0.39, 0.29) is 11.7 Å². The summed E-state index contributed by atoms with van der Waals surface area (Å²) < 4.78 is 2.56. The molecule has 0 saturated heterocycles. The van der Waals surface area contributed by atoms with Gasteiger partial charge in [0.1, 0.15) is 12.0 Å². The molecule has 9 heteroatoms. The summed E-state index contributed by atoms with van der Waals surface area (Å²) in [7, 11) is 1.82. The van der Waals surface area contributed by atoms with Gasteiger partial charge in [-0.25, -0.2) is 4.98 Å². The maximum absolute atomic E-state index is 11.4. The second-order valence-corrected chi connectivity index (χ2v) is 5.47. The van der Waals surface area contributed by atoms with Crippen molar-refractivity contribution in [3.05, 3.63) is 39.9 Å². The smallest absolute Gasteiger partial charge is 0.319 e. The molecular weight excluding hydrogens is 292 g/mol. The molecular formula is C12H12N6O2S. The van der Waals surface area contributed by atoms with Crippen molar-refractivity contribution in [2.75, 3.05) is 5.32 Å². The highest BCUT2D eigenvalue weighted by atomic mass is 32.1. The van der Waals surface area contributed by atoms with E-state index in [0.29, 0.717) is 17.0 Å². The van der Waals surface area contributed by atoms with Gasteiger partial charge in [0.05, 0.1) is 21.2 Å². The molecule has 0 radical (unpaired) electrons. The van der Waals surface area contributed by atoms with E-state index >= 15 is 0 Å². The molecule has 0 bridgehead atoms. The van der Waals surface area contributed by atoms with E-state index in [1.807, 2.05) is 20.0 Å². The molecule has 3 aromatic rings. The molecule has 1 N–H and O–H groups in total. The van der Waals surface area contributed by atoms with Crippen molar-refractivity contribution in [3.8, 4) is 0 Å². The Labute approximate surface area is 123 Å². The lowest BCUT2D eigenvalue weighted by Crippen LogP contribution is -2.13. The fourth-order valence-corrected chi connectivity index (χ4v) is 2.88. The number of nitrogens with zero attached hydrogens (tertiary/aromatic N) is 5. The van der Waals surface area contributed by atoms with Gasteiger partial charge < -0.3 is 9.88 Å². The third-order valence-electron chi connectivity index (χ3n) is 3.16. The van der Waals surface area contributed by atoms with Crippen LogP contribution in [0.5, 0.6) is 0 Å². The first-order valence-corrected chi connectivity index (χ1v) is 7.07. The number of fused-ring (bicyclic) bond motifs is 1. The van der Waals surface area contributed by atoms with Crippen LogP contribution in [0.3, 0.4) is 0 Å². The summed E-state index contributed by atoms with van der Waals surface area (Å²) in [6.07, 6.45) is 1.59. The summed E-state index contributed by atoms with van der Waals surface area (Å²) in [5.41, 5.74) is 2.42. The molecule has 8 nitrogen and oxygen atoms in total. The summed E-state index contributed by atoms with van der Waals surface area (Å²) in [4.78, 5) is 15.0. The minimum Gasteiger partial charge on any atom is -0.370 e. The number of hydrogen-bond acceptors (Lipinski definition) is 7. The van der Waals surface area contributed by atoms with Gasteiger partial charge in [0.15, 0.2) is 11.3 Å². The Morgan fingerprint density at radius 1 is 1.48 bits per heavy atom. The lowest BCUT2D eigenvalue weighted by atomic mass is 10.2. The number of aryl methyl sites for hydroxylation is 1. The number of thiazole rings is 1. The maximum Gasteiger partial charge on any atom is 0.319 e. The third kappa shape index (κ3) is 2.31. The second-order valence-electron chi connectivity index (χ2n) is 4.58. The molecule has 1 aromatic carbocycles. The molecule has 108 valence electrons. The summed E-state index contributed by atoms with van der Waals surface area (Å²) in [6.45, 7) is 1.87. The van der Waals surface area contributed by atoms with Crippen molar-refractivity contribution < 1.29 is 4.92 Å². The fourth-order valence-electron chi connectivity index (χ4n) is 2.20. The van der Waals surface area contributed by atoms with Gasteiger partial charge in [-0.1, -0.05) is 0 Å². The Kier molecular flexibility index (Phi) is 3.26. The van der Waals surface area contributed by atoms with Gasteiger partial charge in [-0.2, -0.15) is 0 Å². The Bertz CT molecular complexity index is 811. The predicted molar refractivity (Wildman–Crippen MR) is 79.3 cm³/mol. The Balaban J connectivity index is 2.02. The Morgan fingerprint density at radius 2 is 2.29 bits per heavy atom. The van der Waals surface area contributed by atoms with Crippen LogP contribution in [-0.4, -0.2) is 24.7 Å². The number of benzene rings is 1. The average Bonchev–Trinajstić information content (AvgIpc) is 3.06. The van der Waals surface area contributed by atoms with Crippen LogP contribution in [0.25, 0.3) is 10.2 Å². The van der Waals surface area contributed by atoms with Crippen LogP contribution in [0.2, 0.25) is 0 Å². The number of nitro groups is 1. The largest absolute Gasteiger partial charge is 0.370 e. The van der Waals surface area contributed by atoms with Crippen LogP contribution >= 0.6 is 11.3 Å². The first-order valence-electron chi connectivity index (χ1n) is 6.19. The van der Waals surface area contributed by atoms with E-state index in [2.05, 4.69) is 20.5 Å². The Hall–Kier alpha value is -2.55. The van der Waals surface area contributed by atoms with Crippen molar-refractivity contribution in [1.29, 1.82) is 0 Å². The van der Waals surface area contributed by atoms with Gasteiger partial charge in [-0.3, -0.25) is 10.1 Å². The van der Waals surface area contributed by atoms with E-state index in [0.717, 1.165) is 4.70 Å². The predicted octanol–water partition coefficient (Wildman–Crippen LogP) is 2.51. The molecule has 2 heterocycles. The lowest BCUT2D eigenvalue weighted by Gasteiger charge is -2.14. The molecule has 0 spiro atoms. The summed E-state index contributed by atoms with van der Waals surface area (Å²) in [5.74, 6) is 0.697. The first-order chi connectivity index (χ1) is 10.1. The van der Waals surface area contributed by atoms with Gasteiger partial charge in [0.2, 0.25) is 0 Å². The number of anilines is 1. The highest BCUT2D eigenvalue weighted by Crippen LogP contribution is 2.35. The standard InChI is InChI=1S/C12H12N6O2S/c1-7(12-16-14-5-17(12)2)15-8-3-4-9-10(13-6-21-9)11(8)18(19)20/h3-7,15H,1-2H3. The van der Waals surface area contributed by atoms with Crippen LogP contribution in [0.4, 0.5) is 11.4 Å². The molecule has 0 aliphatic heterocycles. The number of nitro benzene ring substituents is 1. The quantitative estimate of drug-likeness (QED) is 0.587. The number of aromatic nitrogens is 4. The minimum absolute atomic E-state index is 0.0113.